The van der Waals surface area contributed by atoms with E-state index in [4.69, 9.17) is 0 Å². The first-order chi connectivity index (χ1) is 21.8. The van der Waals surface area contributed by atoms with Crippen molar-refractivity contribution >= 4 is 0 Å². The van der Waals surface area contributed by atoms with Crippen LogP contribution in [0.25, 0.3) is 0 Å². The molecule has 1 aromatic carbocycles. The van der Waals surface area contributed by atoms with E-state index in [1.807, 2.05) is 0 Å². The van der Waals surface area contributed by atoms with Crippen molar-refractivity contribution in [2.45, 2.75) is 220 Å². The van der Waals surface area contributed by atoms with Gasteiger partial charge in [-0.25, -0.2) is 0 Å². The lowest BCUT2D eigenvalue weighted by molar-refractivity contribution is -0.941. The van der Waals surface area contributed by atoms with Crippen LogP contribution in [-0.4, -0.2) is 24.1 Å². The molecule has 0 aromatic heterocycles. The summed E-state index contributed by atoms with van der Waals surface area (Å²) in [5.74, 6) is 0. The third kappa shape index (κ3) is 27.9. The highest BCUT2D eigenvalue weighted by Crippen LogP contribution is 2.23. The first-order valence-electron chi connectivity index (χ1n) is 20.7. The van der Waals surface area contributed by atoms with Crippen molar-refractivity contribution in [2.24, 2.45) is 0 Å². The zero-order valence-corrected chi connectivity index (χ0v) is 31.3. The summed E-state index contributed by atoms with van der Waals surface area (Å²) >= 11 is 0. The van der Waals surface area contributed by atoms with Crippen LogP contribution in [0.15, 0.2) is 30.3 Å². The molecule has 1 aromatic rings. The normalized spacial score (nSPS) is 11.6. The van der Waals surface area contributed by atoms with Gasteiger partial charge >= 0.3 is 0 Å². The summed E-state index contributed by atoms with van der Waals surface area (Å²) in [4.78, 5) is 0. The molecule has 0 bridgehead atoms. The van der Waals surface area contributed by atoms with Gasteiger partial charge in [-0.2, -0.15) is 0 Å². The van der Waals surface area contributed by atoms with Gasteiger partial charge in [-0.05, 0) is 38.5 Å². The Morgan fingerprint density at radius 1 is 0.333 bits per heavy atom. The number of hydrogen-bond donors (Lipinski definition) is 0. The van der Waals surface area contributed by atoms with Crippen LogP contribution in [0.4, 0.5) is 0 Å². The zero-order valence-electron chi connectivity index (χ0n) is 31.3. The topological polar surface area (TPSA) is 0 Å². The van der Waals surface area contributed by atoms with Gasteiger partial charge in [0.15, 0.2) is 0 Å². The molecule has 0 amide bonds. The van der Waals surface area contributed by atoms with Gasteiger partial charge in [-0.1, -0.05) is 205 Å². The molecule has 0 N–H and O–H groups in total. The standard InChI is InChI=1S/C43H82N.FH/c1-4-7-10-13-16-19-22-25-28-34-39-44(42-43-37-32-31-33-38-43,40-35-29-26-23-20-17-14-11-8-5-2)41-36-30-27-24-21-18-15-12-9-6-3;/h31-33,37-38H,4-30,34-36,39-42H2,1-3H3;1H/q+1;/p-1. The number of unbranched alkanes of at least 4 members (excludes halogenated alkanes) is 27. The van der Waals surface area contributed by atoms with Crippen molar-refractivity contribution in [1.29, 1.82) is 0 Å². The number of nitrogens with zero attached hydrogens (tertiary/aromatic N) is 1. The molecule has 0 radical (unpaired) electrons. The maximum atomic E-state index is 2.41. The molecule has 0 unspecified atom stereocenters. The Hall–Kier alpha value is -0.890. The Labute approximate surface area is 284 Å². The number of benzene rings is 1. The van der Waals surface area contributed by atoms with Gasteiger partial charge in [0.05, 0.1) is 19.6 Å². The molecule has 0 aliphatic rings. The van der Waals surface area contributed by atoms with Gasteiger partial charge in [0.2, 0.25) is 0 Å². The molecule has 0 saturated heterocycles. The Morgan fingerprint density at radius 2 is 0.578 bits per heavy atom. The quantitative estimate of drug-likeness (QED) is 0.0516. The lowest BCUT2D eigenvalue weighted by Gasteiger charge is -2.39. The molecule has 2 heteroatoms. The average Bonchev–Trinajstić information content (AvgIpc) is 3.04. The smallest absolute Gasteiger partial charge is 0.104 e. The summed E-state index contributed by atoms with van der Waals surface area (Å²) in [5, 5.41) is 0. The molecule has 0 aliphatic heterocycles. The third-order valence-electron chi connectivity index (χ3n) is 10.3. The van der Waals surface area contributed by atoms with Gasteiger partial charge < -0.3 is 9.19 Å². The van der Waals surface area contributed by atoms with Gasteiger partial charge in [-0.15, -0.1) is 0 Å². The van der Waals surface area contributed by atoms with E-state index in [0.29, 0.717) is 0 Å². The van der Waals surface area contributed by atoms with E-state index in [1.165, 1.54) is 223 Å². The van der Waals surface area contributed by atoms with E-state index in [1.54, 1.807) is 5.56 Å². The van der Waals surface area contributed by atoms with Crippen LogP contribution in [0.5, 0.6) is 0 Å². The van der Waals surface area contributed by atoms with Crippen LogP contribution in [0, 0.1) is 0 Å². The van der Waals surface area contributed by atoms with Crippen LogP contribution in [-0.2, 0) is 6.54 Å². The first-order valence-corrected chi connectivity index (χ1v) is 20.7. The van der Waals surface area contributed by atoms with E-state index in [0.717, 1.165) is 0 Å². The highest BCUT2D eigenvalue weighted by molar-refractivity contribution is 5.13. The fourth-order valence-electron chi connectivity index (χ4n) is 7.35. The van der Waals surface area contributed by atoms with Crippen molar-refractivity contribution in [2.75, 3.05) is 19.6 Å². The van der Waals surface area contributed by atoms with E-state index in [9.17, 15) is 0 Å². The van der Waals surface area contributed by atoms with Gasteiger partial charge in [0.1, 0.15) is 6.54 Å². The number of quaternary nitrogens is 1. The predicted molar refractivity (Wildman–Crippen MR) is 201 cm³/mol. The molecule has 0 fully saturated rings. The third-order valence-corrected chi connectivity index (χ3v) is 10.3. The molecule has 0 saturated carbocycles. The molecule has 266 valence electrons. The van der Waals surface area contributed by atoms with Gasteiger partial charge in [0, 0.05) is 5.56 Å². The minimum Gasteiger partial charge on any atom is -1.00 e. The lowest BCUT2D eigenvalue weighted by atomic mass is 10.0. The minimum absolute atomic E-state index is 0. The fourth-order valence-corrected chi connectivity index (χ4v) is 7.35. The molecule has 0 atom stereocenters. The van der Waals surface area contributed by atoms with Crippen molar-refractivity contribution in [3.05, 3.63) is 35.9 Å². The molecule has 0 spiro atoms. The zero-order chi connectivity index (χ0) is 31.7. The minimum atomic E-state index is 0. The second-order valence-electron chi connectivity index (χ2n) is 14.7. The summed E-state index contributed by atoms with van der Waals surface area (Å²) in [5.41, 5.74) is 1.57. The maximum Gasteiger partial charge on any atom is 0.104 e. The molecule has 45 heavy (non-hydrogen) atoms. The maximum absolute atomic E-state index is 2.41. The summed E-state index contributed by atoms with van der Waals surface area (Å²) < 4.78 is 1.36. The number of rotatable bonds is 35. The van der Waals surface area contributed by atoms with Crippen molar-refractivity contribution in [1.82, 2.24) is 0 Å². The Bertz CT molecular complexity index is 614. The van der Waals surface area contributed by atoms with E-state index < -0.39 is 0 Å². The predicted octanol–water partition coefficient (Wildman–Crippen LogP) is 11.8. The largest absolute Gasteiger partial charge is 1.00 e. The van der Waals surface area contributed by atoms with Gasteiger partial charge in [0.25, 0.3) is 0 Å². The summed E-state index contributed by atoms with van der Waals surface area (Å²) in [6.07, 6.45) is 43.3. The van der Waals surface area contributed by atoms with Crippen molar-refractivity contribution < 1.29 is 9.19 Å². The molecular formula is C43H82FN. The monoisotopic (exact) mass is 632 g/mol. The van der Waals surface area contributed by atoms with E-state index in [-0.39, 0.29) is 4.70 Å². The molecule has 1 nitrogen and oxygen atoms in total. The molecule has 0 heterocycles. The SMILES string of the molecule is CCCCCCCCCCCC[N+](CCCCCCCCCCCC)(CCCCCCCCCCCC)Cc1ccccc1.[F-]. The van der Waals surface area contributed by atoms with Crippen LogP contribution < -0.4 is 4.70 Å². The second kappa shape index (κ2) is 34.4. The fraction of sp³-hybridized carbons (Fsp3) is 0.860. The Kier molecular flexibility index (Phi) is 33.8. The summed E-state index contributed by atoms with van der Waals surface area (Å²) in [7, 11) is 0. The number of halogens is 1. The highest BCUT2D eigenvalue weighted by Gasteiger charge is 2.26. The summed E-state index contributed by atoms with van der Waals surface area (Å²) in [6, 6.07) is 11.5. The molecular weight excluding hydrogens is 549 g/mol. The lowest BCUT2D eigenvalue weighted by Crippen LogP contribution is -3.00. The number of hydrogen-bond acceptors (Lipinski definition) is 0. The van der Waals surface area contributed by atoms with E-state index >= 15 is 0 Å². The highest BCUT2D eigenvalue weighted by atomic mass is 19.0. The van der Waals surface area contributed by atoms with Crippen LogP contribution in [0.3, 0.4) is 0 Å². The molecule has 0 aliphatic carbocycles. The van der Waals surface area contributed by atoms with Crippen LogP contribution >= 0.6 is 0 Å². The Balaban J connectivity index is 0.0000194. The molecule has 1 rings (SSSR count). The second-order valence-corrected chi connectivity index (χ2v) is 14.7. The van der Waals surface area contributed by atoms with Gasteiger partial charge in [-0.3, -0.25) is 0 Å². The van der Waals surface area contributed by atoms with Crippen LogP contribution in [0.2, 0.25) is 0 Å². The van der Waals surface area contributed by atoms with Crippen LogP contribution in [0.1, 0.15) is 219 Å². The van der Waals surface area contributed by atoms with E-state index in [2.05, 4.69) is 51.1 Å². The first kappa shape index (κ1) is 44.1. The summed E-state index contributed by atoms with van der Waals surface area (Å²) in [6.45, 7) is 12.4. The van der Waals surface area contributed by atoms with Crippen molar-refractivity contribution in [3.8, 4) is 0 Å². The Morgan fingerprint density at radius 3 is 0.844 bits per heavy atom. The average molecular weight is 632 g/mol. The van der Waals surface area contributed by atoms with Crippen molar-refractivity contribution in [3.63, 3.8) is 0 Å².